The van der Waals surface area contributed by atoms with Gasteiger partial charge in [-0.05, 0) is 25.0 Å². The first kappa shape index (κ1) is 25.3. The van der Waals surface area contributed by atoms with Gasteiger partial charge in [0.05, 0.1) is 25.5 Å². The number of carbonyl (C=O) groups is 2. The summed E-state index contributed by atoms with van der Waals surface area (Å²) in [4.78, 5) is 24.5. The molecule has 1 aromatic carbocycles. The van der Waals surface area contributed by atoms with E-state index in [1.54, 1.807) is 18.2 Å². The van der Waals surface area contributed by atoms with Crippen molar-refractivity contribution in [3.63, 3.8) is 0 Å². The highest BCUT2D eigenvalue weighted by Crippen LogP contribution is 2.34. The van der Waals surface area contributed by atoms with Crippen LogP contribution in [-0.4, -0.2) is 54.8 Å². The minimum atomic E-state index is -3.45. The molecular weight excluding hydrogens is 442 g/mol. The lowest BCUT2D eigenvalue weighted by molar-refractivity contribution is -0.116. The summed E-state index contributed by atoms with van der Waals surface area (Å²) in [6.45, 7) is -0.106. The molecule has 0 saturated carbocycles. The van der Waals surface area contributed by atoms with Crippen LogP contribution in [0.25, 0.3) is 17.0 Å². The minimum Gasteiger partial charge on any atom is -0.507 e. The van der Waals surface area contributed by atoms with Crippen molar-refractivity contribution in [2.45, 2.75) is 31.9 Å². The number of esters is 1. The molecule has 0 amide bonds. The fourth-order valence-electron chi connectivity index (χ4n) is 3.15. The van der Waals surface area contributed by atoms with Crippen molar-refractivity contribution in [2.75, 3.05) is 12.9 Å². The number of allylic oxidation sites excluding steroid dienone is 1. The predicted octanol–water partition coefficient (Wildman–Crippen LogP) is 1.20. The Morgan fingerprint density at radius 1 is 1.19 bits per heavy atom. The average Bonchev–Trinajstić information content (AvgIpc) is 3.07. The number of cyclic esters (lactones) is 1. The van der Waals surface area contributed by atoms with E-state index >= 15 is 0 Å². The molecule has 0 spiro atoms. The highest BCUT2D eigenvalue weighted by Gasteiger charge is 2.22. The van der Waals surface area contributed by atoms with Crippen LogP contribution in [-0.2, 0) is 26.1 Å². The van der Waals surface area contributed by atoms with Gasteiger partial charge >= 0.3 is 5.97 Å². The van der Waals surface area contributed by atoms with E-state index in [9.17, 15) is 28.2 Å². The topological polar surface area (TPSA) is 175 Å². The molecule has 5 N–H and O–H groups in total. The van der Waals surface area contributed by atoms with Gasteiger partial charge in [-0.1, -0.05) is 18.2 Å². The Morgan fingerprint density at radius 3 is 2.66 bits per heavy atom. The number of furan rings is 1. The van der Waals surface area contributed by atoms with Crippen LogP contribution in [0.3, 0.4) is 0 Å². The molecule has 1 atom stereocenters. The number of hydrogen-bond acceptors (Lipinski definition) is 8. The monoisotopic (exact) mass is 467 g/mol. The van der Waals surface area contributed by atoms with Crippen molar-refractivity contribution in [2.24, 2.45) is 0 Å². The average molecular weight is 467 g/mol. The van der Waals surface area contributed by atoms with Gasteiger partial charge in [0, 0.05) is 23.4 Å². The van der Waals surface area contributed by atoms with Crippen molar-refractivity contribution in [1.82, 2.24) is 4.72 Å². The molecule has 0 saturated heterocycles. The van der Waals surface area contributed by atoms with Crippen LogP contribution in [0.5, 0.6) is 5.75 Å². The Morgan fingerprint density at radius 2 is 1.94 bits per heavy atom. The summed E-state index contributed by atoms with van der Waals surface area (Å²) in [6, 6.07) is 2.83. The van der Waals surface area contributed by atoms with E-state index in [1.807, 2.05) is 0 Å². The lowest BCUT2D eigenvalue weighted by Gasteiger charge is -2.11. The molecule has 0 fully saturated rings. The van der Waals surface area contributed by atoms with E-state index in [0.717, 1.165) is 6.26 Å². The lowest BCUT2D eigenvalue weighted by Crippen LogP contribution is -2.20. The predicted molar refractivity (Wildman–Crippen MR) is 116 cm³/mol. The maximum atomic E-state index is 12.7. The third kappa shape index (κ3) is 6.50. The number of hydrogen-bond donors (Lipinski definition) is 3. The van der Waals surface area contributed by atoms with Crippen molar-refractivity contribution < 1.29 is 42.9 Å². The van der Waals surface area contributed by atoms with Crippen LogP contribution in [0.4, 0.5) is 0 Å². The summed E-state index contributed by atoms with van der Waals surface area (Å²) in [6.07, 6.45) is 6.54. The molecule has 1 aliphatic rings. The number of carbonyl (C=O) groups excluding carboxylic acids is 2. The maximum absolute atomic E-state index is 12.7. The fraction of sp³-hybridized carbons (Fsp3) is 0.333. The summed E-state index contributed by atoms with van der Waals surface area (Å²) in [5.74, 6) is -1.06. The second-order valence-corrected chi connectivity index (χ2v) is 9.02. The Hall–Kier alpha value is -2.99. The van der Waals surface area contributed by atoms with Crippen molar-refractivity contribution in [3.8, 4) is 5.75 Å². The molecule has 1 aliphatic heterocycles. The summed E-state index contributed by atoms with van der Waals surface area (Å²) < 4.78 is 35.9. The number of rotatable bonds is 3. The number of phenolic OH excluding ortho intramolecular Hbond substituents is 1. The van der Waals surface area contributed by atoms with E-state index in [0.29, 0.717) is 17.4 Å². The van der Waals surface area contributed by atoms with Crippen LogP contribution in [0, 0.1) is 0 Å². The first-order chi connectivity index (χ1) is 14.6. The number of ether oxygens (including phenoxy) is 1. The molecule has 11 heteroatoms. The largest absolute Gasteiger partial charge is 0.507 e. The van der Waals surface area contributed by atoms with Gasteiger partial charge in [-0.2, -0.15) is 0 Å². The number of aliphatic hydroxyl groups is 1. The van der Waals surface area contributed by atoms with Crippen LogP contribution < -0.4 is 4.72 Å². The van der Waals surface area contributed by atoms with E-state index in [4.69, 9.17) is 9.15 Å². The number of benzene rings is 1. The van der Waals surface area contributed by atoms with Crippen molar-refractivity contribution in [1.29, 1.82) is 0 Å². The van der Waals surface area contributed by atoms with Crippen LogP contribution >= 0.6 is 0 Å². The second kappa shape index (κ2) is 10.6. The number of phenols is 1. The zero-order valence-corrected chi connectivity index (χ0v) is 18.1. The van der Waals surface area contributed by atoms with E-state index in [-0.39, 0.29) is 59.9 Å². The molecule has 1 aromatic heterocycles. The molecule has 0 aliphatic carbocycles. The van der Waals surface area contributed by atoms with Gasteiger partial charge in [-0.3, -0.25) is 4.79 Å². The second-order valence-electron chi connectivity index (χ2n) is 7.19. The van der Waals surface area contributed by atoms with Crippen molar-refractivity contribution in [3.05, 3.63) is 47.2 Å². The Bertz CT molecular complexity index is 1160. The highest BCUT2D eigenvalue weighted by atomic mass is 32.2. The molecule has 32 heavy (non-hydrogen) atoms. The van der Waals surface area contributed by atoms with Gasteiger partial charge in [-0.25, -0.2) is 17.9 Å². The van der Waals surface area contributed by atoms with E-state index < -0.39 is 22.1 Å². The number of aromatic hydroxyl groups is 1. The Labute approximate surface area is 184 Å². The molecule has 174 valence electrons. The molecule has 2 aromatic rings. The van der Waals surface area contributed by atoms with Gasteiger partial charge in [0.25, 0.3) is 0 Å². The lowest BCUT2D eigenvalue weighted by atomic mass is 10.00. The van der Waals surface area contributed by atoms with Gasteiger partial charge in [0.2, 0.25) is 10.0 Å². The first-order valence-electron chi connectivity index (χ1n) is 9.58. The molecular formula is C21H25NO9S. The minimum absolute atomic E-state index is 0. The Balaban J connectivity index is 0.00000363. The zero-order valence-electron chi connectivity index (χ0n) is 17.3. The number of sulfonamides is 1. The molecule has 0 bridgehead atoms. The summed E-state index contributed by atoms with van der Waals surface area (Å²) in [5.41, 5.74) is 0.484. The Kier molecular flexibility index (Phi) is 8.33. The van der Waals surface area contributed by atoms with Gasteiger partial charge in [-0.15, -0.1) is 0 Å². The van der Waals surface area contributed by atoms with Gasteiger partial charge in [0.15, 0.2) is 5.78 Å². The van der Waals surface area contributed by atoms with Gasteiger partial charge < -0.3 is 24.8 Å². The van der Waals surface area contributed by atoms with E-state index in [1.165, 1.54) is 18.2 Å². The fourth-order valence-corrected chi connectivity index (χ4v) is 3.56. The van der Waals surface area contributed by atoms with Crippen LogP contribution in [0.1, 0.15) is 40.9 Å². The molecule has 10 nitrogen and oxygen atoms in total. The van der Waals surface area contributed by atoms with E-state index in [2.05, 4.69) is 4.72 Å². The number of fused-ring (bicyclic) bond motifs is 3. The zero-order chi connectivity index (χ0) is 22.6. The number of ketones is 1. The number of aliphatic hydroxyl groups excluding tert-OH is 1. The summed E-state index contributed by atoms with van der Waals surface area (Å²) in [5, 5.41) is 21.0. The summed E-state index contributed by atoms with van der Waals surface area (Å²) in [7, 11) is -3.45. The maximum Gasteiger partial charge on any atom is 0.342 e. The smallest absolute Gasteiger partial charge is 0.342 e. The SMILES string of the molecule is CS(=O)(=O)NCc1cc2c3c(c(O)cc2o1)C(=O)OCC/C=C\C(=O)C[C@@H](O)C/C=C/3.O. The standard InChI is InChI=1S/C21H23NO8S.H2O/c1-31(27,28)22-12-15-10-17-16-7-4-6-14(24)9-13(23)5-2-3-8-29-21(26)20(16)18(25)11-19(17)30-15;/h2,4-5,7,10-11,14,22,24-25H,3,6,8-9,12H2,1H3;1H2/b5-2-,7-4+;/t14-;/m0./s1. The third-order valence-electron chi connectivity index (χ3n) is 4.56. The molecule has 3 rings (SSSR count). The number of nitrogens with one attached hydrogen (secondary N) is 1. The van der Waals surface area contributed by atoms with Crippen LogP contribution in [0.2, 0.25) is 0 Å². The quantitative estimate of drug-likeness (QED) is 0.564. The molecule has 2 heterocycles. The highest BCUT2D eigenvalue weighted by molar-refractivity contribution is 7.88. The van der Waals surface area contributed by atoms with Crippen LogP contribution in [0.15, 0.2) is 34.8 Å². The van der Waals surface area contributed by atoms with Gasteiger partial charge in [0.1, 0.15) is 22.7 Å². The molecule has 0 radical (unpaired) electrons. The van der Waals surface area contributed by atoms with Crippen molar-refractivity contribution >= 4 is 38.8 Å². The molecule has 0 unspecified atom stereocenters. The first-order valence-corrected chi connectivity index (χ1v) is 11.5. The third-order valence-corrected chi connectivity index (χ3v) is 5.23. The normalized spacial score (nSPS) is 20.0. The summed E-state index contributed by atoms with van der Waals surface area (Å²) >= 11 is 0.